The highest BCUT2D eigenvalue weighted by molar-refractivity contribution is 6.30. The van der Waals surface area contributed by atoms with Crippen LogP contribution >= 0.6 is 11.6 Å². The molecule has 30 heavy (non-hydrogen) atoms. The first-order chi connectivity index (χ1) is 14.4. The highest BCUT2D eigenvalue weighted by Crippen LogP contribution is 2.40. The number of carbonyl (C=O) groups is 2. The number of amides is 2. The molecule has 0 aliphatic heterocycles. The maximum Gasteiger partial charge on any atom is 0.255 e. The van der Waals surface area contributed by atoms with E-state index in [0.29, 0.717) is 22.8 Å². The summed E-state index contributed by atoms with van der Waals surface area (Å²) in [6.45, 7) is 0. The lowest BCUT2D eigenvalue weighted by molar-refractivity contribution is -0.122. The molecule has 152 valence electrons. The highest BCUT2D eigenvalue weighted by atomic mass is 35.5. The van der Waals surface area contributed by atoms with E-state index >= 15 is 0 Å². The third-order valence-corrected chi connectivity index (χ3v) is 5.14. The van der Waals surface area contributed by atoms with Crippen LogP contribution in [0.5, 0.6) is 0 Å². The normalized spacial score (nSPS) is 17.3. The molecule has 1 heterocycles. The zero-order valence-corrected chi connectivity index (χ0v) is 16.4. The van der Waals surface area contributed by atoms with E-state index in [9.17, 15) is 18.8 Å². The topological polar surface area (TPSA) is 80.2 Å². The van der Waals surface area contributed by atoms with E-state index in [1.807, 2.05) is 0 Å². The molecule has 0 unspecified atom stereocenters. The van der Waals surface area contributed by atoms with Crippen molar-refractivity contribution in [1.82, 2.24) is 4.57 Å². The largest absolute Gasteiger partial charge is 0.326 e. The summed E-state index contributed by atoms with van der Waals surface area (Å²) in [6.07, 6.45) is 1.92. The fourth-order valence-electron chi connectivity index (χ4n) is 3.16. The first kappa shape index (κ1) is 19.8. The van der Waals surface area contributed by atoms with Crippen LogP contribution in [-0.2, 0) is 9.59 Å². The number of pyridine rings is 1. The Hall–Kier alpha value is -3.45. The van der Waals surface area contributed by atoms with E-state index in [0.717, 1.165) is 0 Å². The van der Waals surface area contributed by atoms with Crippen LogP contribution in [0.25, 0.3) is 5.69 Å². The van der Waals surface area contributed by atoms with Crippen LogP contribution in [0.15, 0.2) is 71.7 Å². The van der Waals surface area contributed by atoms with Gasteiger partial charge < -0.3 is 10.6 Å². The molecule has 8 heteroatoms. The third-order valence-electron chi connectivity index (χ3n) is 4.89. The van der Waals surface area contributed by atoms with Crippen molar-refractivity contribution in [2.75, 3.05) is 10.6 Å². The number of hydrogen-bond donors (Lipinski definition) is 2. The maximum absolute atomic E-state index is 14.5. The molecule has 6 nitrogen and oxygen atoms in total. The summed E-state index contributed by atoms with van der Waals surface area (Å²) in [5.41, 5.74) is 0.647. The summed E-state index contributed by atoms with van der Waals surface area (Å²) in [6, 6.07) is 15.4. The lowest BCUT2D eigenvalue weighted by Crippen LogP contribution is -2.21. The molecule has 2 N–H and O–H groups in total. The summed E-state index contributed by atoms with van der Waals surface area (Å²) in [5.74, 6) is -2.34. The van der Waals surface area contributed by atoms with Crippen LogP contribution in [0.4, 0.5) is 15.8 Å². The SMILES string of the molecule is O=C(Nc1ccc(-n2ccccc2=O)cc1F)[C@H]1C[C@H]1C(=O)Nc1ccc(Cl)cc1. The summed E-state index contributed by atoms with van der Waals surface area (Å²) in [4.78, 5) is 36.6. The van der Waals surface area contributed by atoms with Crippen molar-refractivity contribution in [3.05, 3.63) is 88.1 Å². The van der Waals surface area contributed by atoms with Crippen LogP contribution in [0, 0.1) is 17.7 Å². The Morgan fingerprint density at radius 2 is 1.67 bits per heavy atom. The smallest absolute Gasteiger partial charge is 0.255 e. The van der Waals surface area contributed by atoms with Gasteiger partial charge in [0.25, 0.3) is 5.56 Å². The van der Waals surface area contributed by atoms with Crippen molar-refractivity contribution in [3.63, 3.8) is 0 Å². The van der Waals surface area contributed by atoms with E-state index in [1.165, 1.54) is 35.0 Å². The number of aromatic nitrogens is 1. The molecule has 1 fully saturated rings. The minimum Gasteiger partial charge on any atom is -0.326 e. The van der Waals surface area contributed by atoms with Gasteiger partial charge in [0.1, 0.15) is 5.82 Å². The second-order valence-electron chi connectivity index (χ2n) is 7.01. The van der Waals surface area contributed by atoms with Crippen molar-refractivity contribution in [2.45, 2.75) is 6.42 Å². The van der Waals surface area contributed by atoms with Crippen molar-refractivity contribution < 1.29 is 14.0 Å². The number of halogens is 2. The zero-order chi connectivity index (χ0) is 21.3. The summed E-state index contributed by atoms with van der Waals surface area (Å²) < 4.78 is 15.8. The predicted molar refractivity (Wildman–Crippen MR) is 112 cm³/mol. The highest BCUT2D eigenvalue weighted by Gasteiger charge is 2.48. The molecule has 1 aromatic heterocycles. The number of hydrogen-bond acceptors (Lipinski definition) is 3. The molecule has 0 spiro atoms. The van der Waals surface area contributed by atoms with Gasteiger partial charge in [-0.15, -0.1) is 0 Å². The molecule has 1 saturated carbocycles. The fraction of sp³-hybridized carbons (Fsp3) is 0.136. The Bertz CT molecular complexity index is 1180. The van der Waals surface area contributed by atoms with Gasteiger partial charge in [0, 0.05) is 29.0 Å². The van der Waals surface area contributed by atoms with Gasteiger partial charge in [-0.25, -0.2) is 4.39 Å². The maximum atomic E-state index is 14.5. The molecule has 2 atom stereocenters. The molecular weight excluding hydrogens is 409 g/mol. The Labute approximate surface area is 176 Å². The molecule has 2 amide bonds. The van der Waals surface area contributed by atoms with E-state index in [4.69, 9.17) is 11.6 Å². The number of rotatable bonds is 5. The Kier molecular flexibility index (Phi) is 5.37. The quantitative estimate of drug-likeness (QED) is 0.651. The number of nitrogens with one attached hydrogen (secondary N) is 2. The molecule has 0 radical (unpaired) electrons. The molecule has 3 aromatic rings. The van der Waals surface area contributed by atoms with Gasteiger partial charge >= 0.3 is 0 Å². The minimum atomic E-state index is -0.667. The Balaban J connectivity index is 1.39. The van der Waals surface area contributed by atoms with Crippen LogP contribution in [0.2, 0.25) is 5.02 Å². The first-order valence-corrected chi connectivity index (χ1v) is 9.65. The lowest BCUT2D eigenvalue weighted by atomic mass is 10.2. The van der Waals surface area contributed by atoms with Gasteiger partial charge in [-0.05, 0) is 48.9 Å². The molecule has 1 aliphatic carbocycles. The van der Waals surface area contributed by atoms with Crippen LogP contribution < -0.4 is 16.2 Å². The van der Waals surface area contributed by atoms with E-state index in [2.05, 4.69) is 10.6 Å². The number of nitrogens with zero attached hydrogens (tertiary/aromatic N) is 1. The summed E-state index contributed by atoms with van der Waals surface area (Å²) in [7, 11) is 0. The second kappa shape index (κ2) is 8.12. The zero-order valence-electron chi connectivity index (χ0n) is 15.6. The Morgan fingerprint density at radius 1 is 0.967 bits per heavy atom. The van der Waals surface area contributed by atoms with Gasteiger partial charge in [0.05, 0.1) is 23.2 Å². The van der Waals surface area contributed by atoms with Crippen LogP contribution in [0.3, 0.4) is 0 Å². The molecule has 0 saturated heterocycles. The molecular formula is C22H17ClFN3O3. The molecule has 2 aromatic carbocycles. The van der Waals surface area contributed by atoms with Gasteiger partial charge in [-0.2, -0.15) is 0 Å². The Morgan fingerprint density at radius 3 is 2.33 bits per heavy atom. The minimum absolute atomic E-state index is 0.00325. The average molecular weight is 426 g/mol. The molecule has 4 rings (SSSR count). The van der Waals surface area contributed by atoms with Gasteiger partial charge in [-0.1, -0.05) is 17.7 Å². The number of carbonyl (C=O) groups excluding carboxylic acids is 2. The second-order valence-corrected chi connectivity index (χ2v) is 7.44. The monoisotopic (exact) mass is 425 g/mol. The summed E-state index contributed by atoms with van der Waals surface area (Å²) >= 11 is 5.82. The van der Waals surface area contributed by atoms with Crippen molar-refractivity contribution >= 4 is 34.8 Å². The van der Waals surface area contributed by atoms with E-state index in [1.54, 1.807) is 36.4 Å². The fourth-order valence-corrected chi connectivity index (χ4v) is 3.29. The standard InChI is InChI=1S/C22H17ClFN3O3/c23-13-4-6-14(7-5-13)25-21(29)16-12-17(16)22(30)26-19-9-8-15(11-18(19)24)27-10-2-1-3-20(27)28/h1-11,16-17H,12H2,(H,25,29)(H,26,30)/t16-,17+/m1/s1. The lowest BCUT2D eigenvalue weighted by Gasteiger charge is -2.10. The first-order valence-electron chi connectivity index (χ1n) is 9.27. The van der Waals surface area contributed by atoms with Gasteiger partial charge in [0.15, 0.2) is 0 Å². The van der Waals surface area contributed by atoms with Crippen molar-refractivity contribution in [1.29, 1.82) is 0 Å². The van der Waals surface area contributed by atoms with Crippen LogP contribution in [0.1, 0.15) is 6.42 Å². The number of anilines is 2. The number of benzene rings is 2. The van der Waals surface area contributed by atoms with E-state index < -0.39 is 23.6 Å². The van der Waals surface area contributed by atoms with Crippen LogP contribution in [-0.4, -0.2) is 16.4 Å². The van der Waals surface area contributed by atoms with Crippen molar-refractivity contribution in [2.24, 2.45) is 11.8 Å². The third kappa shape index (κ3) is 4.26. The molecule has 1 aliphatic rings. The van der Waals surface area contributed by atoms with E-state index in [-0.39, 0.29) is 17.2 Å². The average Bonchev–Trinajstić information content (AvgIpc) is 3.53. The summed E-state index contributed by atoms with van der Waals surface area (Å²) in [5, 5.41) is 5.82. The predicted octanol–water partition coefficient (Wildman–Crippen LogP) is 3.84. The van der Waals surface area contributed by atoms with Gasteiger partial charge in [0.2, 0.25) is 11.8 Å². The van der Waals surface area contributed by atoms with Crippen molar-refractivity contribution in [3.8, 4) is 5.69 Å². The van der Waals surface area contributed by atoms with Gasteiger partial charge in [-0.3, -0.25) is 19.0 Å². The molecule has 0 bridgehead atoms.